The minimum absolute atomic E-state index is 0.112. The normalized spacial score (nSPS) is 18.4. The van der Waals surface area contributed by atoms with Gasteiger partial charge in [-0.1, -0.05) is 66.1 Å². The van der Waals surface area contributed by atoms with Crippen molar-refractivity contribution >= 4 is 39.2 Å². The van der Waals surface area contributed by atoms with Gasteiger partial charge in [-0.05, 0) is 29.8 Å². The smallest absolute Gasteiger partial charge is 0.301 e. The Hall–Kier alpha value is -3.26. The number of benzene rings is 2. The maximum Gasteiger partial charge on any atom is 0.301 e. The molecule has 6 nitrogen and oxygen atoms in total. The lowest BCUT2D eigenvalue weighted by Gasteiger charge is -2.23. The molecule has 3 aromatic rings. The summed E-state index contributed by atoms with van der Waals surface area (Å²) in [7, 11) is 0. The minimum Gasteiger partial charge on any atom is -0.507 e. The molecular weight excluding hydrogens is 479 g/mol. The SMILES string of the molecule is CC(C)(C)c1cc(N2C(=O)C(=O)C(=C(O)c3ccc(Br)cc3)[C@H]2c2cccc(F)c2)no1. The lowest BCUT2D eigenvalue weighted by Crippen LogP contribution is -2.29. The lowest BCUT2D eigenvalue weighted by molar-refractivity contribution is -0.132. The first-order valence-electron chi connectivity index (χ1n) is 9.87. The van der Waals surface area contributed by atoms with E-state index in [-0.39, 0.29) is 22.6 Å². The molecule has 2 aromatic carbocycles. The summed E-state index contributed by atoms with van der Waals surface area (Å²) < 4.78 is 20.3. The third-order valence-electron chi connectivity index (χ3n) is 5.21. The zero-order valence-corrected chi connectivity index (χ0v) is 19.2. The van der Waals surface area contributed by atoms with E-state index in [0.717, 1.165) is 9.37 Å². The monoisotopic (exact) mass is 498 g/mol. The Morgan fingerprint density at radius 2 is 1.81 bits per heavy atom. The number of aliphatic hydroxyl groups excluding tert-OH is 1. The zero-order valence-electron chi connectivity index (χ0n) is 17.6. The molecule has 1 fully saturated rings. The van der Waals surface area contributed by atoms with Crippen LogP contribution in [0, 0.1) is 5.82 Å². The van der Waals surface area contributed by atoms with Gasteiger partial charge in [0.25, 0.3) is 5.78 Å². The van der Waals surface area contributed by atoms with Gasteiger partial charge in [-0.2, -0.15) is 0 Å². The van der Waals surface area contributed by atoms with Crippen LogP contribution < -0.4 is 4.90 Å². The van der Waals surface area contributed by atoms with Gasteiger partial charge in [0, 0.05) is 21.5 Å². The second-order valence-corrected chi connectivity index (χ2v) is 9.45. The van der Waals surface area contributed by atoms with Crippen LogP contribution in [0.5, 0.6) is 0 Å². The number of Topliss-reactive ketones (excluding diaryl/α,β-unsaturated/α-hetero) is 1. The summed E-state index contributed by atoms with van der Waals surface area (Å²) in [5.74, 6) is -2.03. The molecule has 32 heavy (non-hydrogen) atoms. The standard InChI is InChI=1S/C24H20BrFN2O4/c1-24(2,3)17-12-18(27-32-17)28-20(14-5-4-6-16(26)11-14)19(22(30)23(28)31)21(29)13-7-9-15(25)10-8-13/h4-12,20,29H,1-3H3/t20-/m1/s1. The molecule has 1 N–H and O–H groups in total. The highest BCUT2D eigenvalue weighted by Crippen LogP contribution is 2.42. The number of halogens is 2. The summed E-state index contributed by atoms with van der Waals surface area (Å²) >= 11 is 3.33. The van der Waals surface area contributed by atoms with Gasteiger partial charge in [-0.25, -0.2) is 4.39 Å². The molecular formula is C24H20BrFN2O4. The molecule has 0 saturated carbocycles. The third kappa shape index (κ3) is 3.86. The van der Waals surface area contributed by atoms with Crippen LogP contribution in [-0.4, -0.2) is 22.0 Å². The first-order chi connectivity index (χ1) is 15.1. The molecule has 0 radical (unpaired) electrons. The number of carbonyl (C=O) groups excluding carboxylic acids is 2. The van der Waals surface area contributed by atoms with Crippen molar-refractivity contribution in [3.05, 3.63) is 87.3 Å². The molecule has 1 aromatic heterocycles. The van der Waals surface area contributed by atoms with Crippen molar-refractivity contribution in [1.29, 1.82) is 0 Å². The summed E-state index contributed by atoms with van der Waals surface area (Å²) in [6, 6.07) is 12.7. The van der Waals surface area contributed by atoms with Gasteiger partial charge in [0.1, 0.15) is 17.3 Å². The fourth-order valence-corrected chi connectivity index (χ4v) is 3.82. The van der Waals surface area contributed by atoms with Crippen molar-refractivity contribution in [1.82, 2.24) is 5.16 Å². The molecule has 0 bridgehead atoms. The van der Waals surface area contributed by atoms with E-state index < -0.39 is 23.5 Å². The van der Waals surface area contributed by atoms with Crippen LogP contribution in [0.1, 0.15) is 43.7 Å². The minimum atomic E-state index is -1.08. The quantitative estimate of drug-likeness (QED) is 0.292. The molecule has 1 atom stereocenters. The molecule has 2 heterocycles. The molecule has 4 rings (SSSR count). The number of aromatic nitrogens is 1. The van der Waals surface area contributed by atoms with Gasteiger partial charge in [0.05, 0.1) is 11.6 Å². The van der Waals surface area contributed by atoms with E-state index in [1.807, 2.05) is 20.8 Å². The molecule has 1 aliphatic rings. The van der Waals surface area contributed by atoms with E-state index in [4.69, 9.17) is 4.52 Å². The number of hydrogen-bond acceptors (Lipinski definition) is 5. The molecule has 8 heteroatoms. The number of hydrogen-bond donors (Lipinski definition) is 1. The van der Waals surface area contributed by atoms with Crippen LogP contribution in [-0.2, 0) is 15.0 Å². The highest BCUT2D eigenvalue weighted by atomic mass is 79.9. The van der Waals surface area contributed by atoms with Gasteiger partial charge >= 0.3 is 5.91 Å². The van der Waals surface area contributed by atoms with Crippen LogP contribution in [0.15, 0.2) is 69.2 Å². The number of anilines is 1. The number of nitrogens with zero attached hydrogens (tertiary/aromatic N) is 2. The highest BCUT2D eigenvalue weighted by Gasteiger charge is 2.48. The average Bonchev–Trinajstić information content (AvgIpc) is 3.32. The van der Waals surface area contributed by atoms with Crippen molar-refractivity contribution in [2.45, 2.75) is 32.2 Å². The number of carbonyl (C=O) groups is 2. The van der Waals surface area contributed by atoms with E-state index in [0.29, 0.717) is 16.9 Å². The van der Waals surface area contributed by atoms with Gasteiger partial charge < -0.3 is 9.63 Å². The van der Waals surface area contributed by atoms with E-state index in [2.05, 4.69) is 21.1 Å². The number of ketones is 1. The molecule has 0 spiro atoms. The Morgan fingerprint density at radius 1 is 1.12 bits per heavy atom. The summed E-state index contributed by atoms with van der Waals surface area (Å²) in [4.78, 5) is 27.3. The Balaban J connectivity index is 1.93. The predicted molar refractivity (Wildman–Crippen MR) is 121 cm³/mol. The van der Waals surface area contributed by atoms with Crippen LogP contribution >= 0.6 is 15.9 Å². The summed E-state index contributed by atoms with van der Waals surface area (Å²) in [6.07, 6.45) is 0. The molecule has 1 aliphatic heterocycles. The van der Waals surface area contributed by atoms with Crippen LogP contribution in [0.25, 0.3) is 5.76 Å². The summed E-state index contributed by atoms with van der Waals surface area (Å²) in [5.41, 5.74) is 0.138. The number of rotatable bonds is 3. The predicted octanol–water partition coefficient (Wildman–Crippen LogP) is 5.50. The Morgan fingerprint density at radius 3 is 2.41 bits per heavy atom. The average molecular weight is 499 g/mol. The van der Waals surface area contributed by atoms with E-state index in [1.54, 1.807) is 36.4 Å². The van der Waals surface area contributed by atoms with Crippen LogP contribution in [0.4, 0.5) is 10.2 Å². The Kier molecular flexibility index (Phi) is 5.50. The van der Waals surface area contributed by atoms with Crippen molar-refractivity contribution in [2.24, 2.45) is 0 Å². The van der Waals surface area contributed by atoms with Gasteiger partial charge in [0.15, 0.2) is 5.82 Å². The van der Waals surface area contributed by atoms with Crippen molar-refractivity contribution < 1.29 is 23.6 Å². The third-order valence-corrected chi connectivity index (χ3v) is 5.74. The van der Waals surface area contributed by atoms with Crippen LogP contribution in [0.2, 0.25) is 0 Å². The molecule has 1 amide bonds. The van der Waals surface area contributed by atoms with E-state index in [1.165, 1.54) is 18.2 Å². The maximum absolute atomic E-state index is 14.1. The second-order valence-electron chi connectivity index (χ2n) is 8.53. The van der Waals surface area contributed by atoms with Gasteiger partial charge in [-0.3, -0.25) is 14.5 Å². The lowest BCUT2D eigenvalue weighted by atomic mass is 9.93. The first kappa shape index (κ1) is 22.0. The molecule has 0 unspecified atom stereocenters. The molecule has 1 saturated heterocycles. The maximum atomic E-state index is 14.1. The van der Waals surface area contributed by atoms with Crippen molar-refractivity contribution in [3.8, 4) is 0 Å². The fraction of sp³-hybridized carbons (Fsp3) is 0.208. The summed E-state index contributed by atoms with van der Waals surface area (Å²) in [5, 5.41) is 15.0. The highest BCUT2D eigenvalue weighted by molar-refractivity contribution is 9.10. The Labute approximate surface area is 192 Å². The molecule has 0 aliphatic carbocycles. The van der Waals surface area contributed by atoms with Crippen molar-refractivity contribution in [2.75, 3.05) is 4.90 Å². The largest absolute Gasteiger partial charge is 0.507 e. The van der Waals surface area contributed by atoms with Crippen molar-refractivity contribution in [3.63, 3.8) is 0 Å². The second kappa shape index (κ2) is 8.02. The van der Waals surface area contributed by atoms with Gasteiger partial charge in [-0.15, -0.1) is 0 Å². The zero-order chi connectivity index (χ0) is 23.2. The van der Waals surface area contributed by atoms with E-state index >= 15 is 0 Å². The van der Waals surface area contributed by atoms with Gasteiger partial charge in [0.2, 0.25) is 0 Å². The first-order valence-corrected chi connectivity index (χ1v) is 10.7. The topological polar surface area (TPSA) is 83.6 Å². The number of aliphatic hydroxyl groups is 1. The summed E-state index contributed by atoms with van der Waals surface area (Å²) in [6.45, 7) is 5.76. The van der Waals surface area contributed by atoms with Crippen LogP contribution in [0.3, 0.4) is 0 Å². The molecule has 164 valence electrons. The Bertz CT molecular complexity index is 1240. The van der Waals surface area contributed by atoms with E-state index in [9.17, 15) is 19.1 Å². The number of amides is 1. The fourth-order valence-electron chi connectivity index (χ4n) is 3.56.